The van der Waals surface area contributed by atoms with E-state index in [4.69, 9.17) is 4.74 Å². The zero-order chi connectivity index (χ0) is 30.5. The van der Waals surface area contributed by atoms with Gasteiger partial charge in [0.05, 0.1) is 5.56 Å². The SMILES string of the molecule is CC(=O)c1ccc(Oc2ccc(CC(=O)c3ccc(C(=O)N4CCC(C(=O)c5ccc(F)cc5F)CC4)nc3)cn2)cc1. The highest BCUT2D eigenvalue weighted by Crippen LogP contribution is 2.25. The van der Waals surface area contributed by atoms with E-state index in [0.29, 0.717) is 47.2 Å². The summed E-state index contributed by atoms with van der Waals surface area (Å²) >= 11 is 0. The highest BCUT2D eigenvalue weighted by molar-refractivity contribution is 5.99. The minimum Gasteiger partial charge on any atom is -0.439 e. The topological polar surface area (TPSA) is 107 Å². The molecule has 1 fully saturated rings. The Hall–Kier alpha value is -5.12. The number of piperidine rings is 1. The molecule has 0 unspecified atom stereocenters. The van der Waals surface area contributed by atoms with Crippen LogP contribution in [-0.4, -0.2) is 51.2 Å². The van der Waals surface area contributed by atoms with Gasteiger partial charge in [-0.2, -0.15) is 0 Å². The van der Waals surface area contributed by atoms with Crippen molar-refractivity contribution >= 4 is 23.3 Å². The Morgan fingerprint density at radius 2 is 1.58 bits per heavy atom. The van der Waals surface area contributed by atoms with E-state index >= 15 is 0 Å². The number of pyridine rings is 2. The number of carbonyl (C=O) groups excluding carboxylic acids is 4. The van der Waals surface area contributed by atoms with E-state index in [0.717, 1.165) is 12.1 Å². The summed E-state index contributed by atoms with van der Waals surface area (Å²) in [5, 5.41) is 0. The van der Waals surface area contributed by atoms with Crippen LogP contribution in [0.2, 0.25) is 0 Å². The Bertz CT molecular complexity index is 1660. The number of ether oxygens (including phenoxy) is 1. The third kappa shape index (κ3) is 7.03. The lowest BCUT2D eigenvalue weighted by Crippen LogP contribution is -2.40. The minimum atomic E-state index is -0.890. The van der Waals surface area contributed by atoms with Gasteiger partial charge in [0.2, 0.25) is 5.88 Å². The first-order chi connectivity index (χ1) is 20.7. The molecule has 10 heteroatoms. The van der Waals surface area contributed by atoms with Crippen LogP contribution in [0.5, 0.6) is 11.6 Å². The third-order valence-corrected chi connectivity index (χ3v) is 7.30. The molecule has 0 N–H and O–H groups in total. The van der Waals surface area contributed by atoms with Gasteiger partial charge in [-0.1, -0.05) is 6.07 Å². The van der Waals surface area contributed by atoms with Crippen LogP contribution in [0, 0.1) is 17.6 Å². The molecule has 0 aliphatic carbocycles. The second kappa shape index (κ2) is 12.8. The van der Waals surface area contributed by atoms with Crippen molar-refractivity contribution in [3.8, 4) is 11.6 Å². The van der Waals surface area contributed by atoms with Gasteiger partial charge >= 0.3 is 0 Å². The summed E-state index contributed by atoms with van der Waals surface area (Å²) in [6.45, 7) is 2.07. The summed E-state index contributed by atoms with van der Waals surface area (Å²) in [5.41, 5.74) is 1.61. The molecule has 1 saturated heterocycles. The first-order valence-corrected chi connectivity index (χ1v) is 13.7. The fourth-order valence-corrected chi connectivity index (χ4v) is 4.84. The normalized spacial score (nSPS) is 13.4. The van der Waals surface area contributed by atoms with Gasteiger partial charge in [0.15, 0.2) is 17.3 Å². The zero-order valence-electron chi connectivity index (χ0n) is 23.3. The average molecular weight is 584 g/mol. The number of hydrogen-bond acceptors (Lipinski definition) is 7. The number of Topliss-reactive ketones (excluding diaryl/α,β-unsaturated/α-hetero) is 3. The molecule has 5 rings (SSSR count). The van der Waals surface area contributed by atoms with Crippen LogP contribution in [-0.2, 0) is 6.42 Å². The maximum atomic E-state index is 14.0. The molecule has 43 heavy (non-hydrogen) atoms. The van der Waals surface area contributed by atoms with E-state index in [1.165, 1.54) is 19.2 Å². The van der Waals surface area contributed by atoms with Crippen LogP contribution in [0.3, 0.4) is 0 Å². The van der Waals surface area contributed by atoms with E-state index in [1.54, 1.807) is 53.6 Å². The van der Waals surface area contributed by atoms with Crippen LogP contribution < -0.4 is 4.74 Å². The number of ketones is 3. The van der Waals surface area contributed by atoms with Crippen molar-refractivity contribution in [2.24, 2.45) is 5.92 Å². The highest BCUT2D eigenvalue weighted by atomic mass is 19.1. The molecular formula is C33H27F2N3O5. The molecule has 1 aliphatic heterocycles. The fourth-order valence-electron chi connectivity index (χ4n) is 4.84. The molecule has 1 aliphatic rings. The summed E-state index contributed by atoms with van der Waals surface area (Å²) in [6, 6.07) is 16.0. The Balaban J connectivity index is 1.12. The number of halogens is 2. The lowest BCUT2D eigenvalue weighted by atomic mass is 9.88. The Kier molecular flexibility index (Phi) is 8.75. The number of nitrogens with zero attached hydrogens (tertiary/aromatic N) is 3. The maximum Gasteiger partial charge on any atom is 0.272 e. The van der Waals surface area contributed by atoms with E-state index in [9.17, 15) is 28.0 Å². The number of aromatic nitrogens is 2. The monoisotopic (exact) mass is 583 g/mol. The van der Waals surface area contributed by atoms with Crippen LogP contribution in [0.1, 0.15) is 66.9 Å². The molecular weight excluding hydrogens is 556 g/mol. The number of hydrogen-bond donors (Lipinski definition) is 0. The van der Waals surface area contributed by atoms with E-state index in [-0.39, 0.29) is 48.2 Å². The van der Waals surface area contributed by atoms with Gasteiger partial charge in [-0.15, -0.1) is 0 Å². The number of carbonyl (C=O) groups is 4. The summed E-state index contributed by atoms with van der Waals surface area (Å²) in [4.78, 5) is 59.9. The lowest BCUT2D eigenvalue weighted by molar-refractivity contribution is 0.0644. The van der Waals surface area contributed by atoms with Gasteiger partial charge in [0.1, 0.15) is 23.1 Å². The molecule has 0 saturated carbocycles. The van der Waals surface area contributed by atoms with Crippen LogP contribution >= 0.6 is 0 Å². The van der Waals surface area contributed by atoms with Crippen LogP contribution in [0.4, 0.5) is 8.78 Å². The molecule has 0 spiro atoms. The third-order valence-electron chi connectivity index (χ3n) is 7.30. The van der Waals surface area contributed by atoms with Gasteiger partial charge in [-0.05, 0) is 73.9 Å². The number of likely N-dealkylation sites (tertiary alicyclic amines) is 1. The summed E-state index contributed by atoms with van der Waals surface area (Å²) < 4.78 is 32.9. The van der Waals surface area contributed by atoms with Crippen molar-refractivity contribution in [3.05, 3.63) is 119 Å². The van der Waals surface area contributed by atoms with Crippen LogP contribution in [0.25, 0.3) is 0 Å². The summed E-state index contributed by atoms with van der Waals surface area (Å²) in [7, 11) is 0. The van der Waals surface area contributed by atoms with Crippen molar-refractivity contribution in [1.29, 1.82) is 0 Å². The van der Waals surface area contributed by atoms with Crippen molar-refractivity contribution in [2.45, 2.75) is 26.2 Å². The predicted octanol–water partition coefficient (Wildman–Crippen LogP) is 5.91. The minimum absolute atomic E-state index is 0.0375. The number of rotatable bonds is 9. The van der Waals surface area contributed by atoms with Crippen LogP contribution in [0.15, 0.2) is 79.1 Å². The second-order valence-electron chi connectivity index (χ2n) is 10.3. The van der Waals surface area contributed by atoms with Gasteiger partial charge in [-0.25, -0.2) is 13.8 Å². The quantitative estimate of drug-likeness (QED) is 0.226. The molecule has 3 heterocycles. The molecule has 0 bridgehead atoms. The number of benzene rings is 2. The fraction of sp³-hybridized carbons (Fsp3) is 0.212. The predicted molar refractivity (Wildman–Crippen MR) is 152 cm³/mol. The Labute approximate surface area is 246 Å². The van der Waals surface area contributed by atoms with Crippen molar-refractivity contribution in [3.63, 3.8) is 0 Å². The zero-order valence-corrected chi connectivity index (χ0v) is 23.3. The standard InChI is InChI=1S/C33H27F2N3O5/c1-20(39)22-3-7-26(8-4-22)43-31-11-2-21(18-37-31)16-30(40)24-5-10-29(36-19-24)33(42)38-14-12-23(13-15-38)32(41)27-9-6-25(34)17-28(27)35/h2-11,17-19,23H,12-16H2,1H3. The van der Waals surface area contributed by atoms with Crippen molar-refractivity contribution < 1.29 is 32.7 Å². The lowest BCUT2D eigenvalue weighted by Gasteiger charge is -2.31. The van der Waals surface area contributed by atoms with Gasteiger partial charge in [-0.3, -0.25) is 24.2 Å². The smallest absolute Gasteiger partial charge is 0.272 e. The van der Waals surface area contributed by atoms with E-state index in [1.807, 2.05) is 0 Å². The van der Waals surface area contributed by atoms with E-state index < -0.39 is 23.3 Å². The average Bonchev–Trinajstić information content (AvgIpc) is 3.02. The van der Waals surface area contributed by atoms with Gasteiger partial charge in [0, 0.05) is 61.1 Å². The Morgan fingerprint density at radius 3 is 2.19 bits per heavy atom. The first-order valence-electron chi connectivity index (χ1n) is 13.7. The molecule has 2 aromatic carbocycles. The van der Waals surface area contributed by atoms with Crippen molar-refractivity contribution in [2.75, 3.05) is 13.1 Å². The largest absolute Gasteiger partial charge is 0.439 e. The summed E-state index contributed by atoms with van der Waals surface area (Å²) in [6.07, 6.45) is 3.68. The summed E-state index contributed by atoms with van der Waals surface area (Å²) in [5.74, 6) is -2.20. The molecule has 8 nitrogen and oxygen atoms in total. The Morgan fingerprint density at radius 1 is 0.860 bits per heavy atom. The first kappa shape index (κ1) is 29.4. The highest BCUT2D eigenvalue weighted by Gasteiger charge is 2.30. The van der Waals surface area contributed by atoms with Crippen molar-refractivity contribution in [1.82, 2.24) is 14.9 Å². The van der Waals surface area contributed by atoms with E-state index in [2.05, 4.69) is 9.97 Å². The molecule has 1 amide bonds. The van der Waals surface area contributed by atoms with Gasteiger partial charge in [0.25, 0.3) is 5.91 Å². The molecule has 2 aromatic heterocycles. The maximum absolute atomic E-state index is 14.0. The molecule has 0 atom stereocenters. The molecule has 4 aromatic rings. The molecule has 218 valence electrons. The van der Waals surface area contributed by atoms with Gasteiger partial charge < -0.3 is 9.64 Å². The second-order valence-corrected chi connectivity index (χ2v) is 10.3. The molecule has 0 radical (unpaired) electrons. The number of amides is 1.